The molecule has 4 heteroatoms. The smallest absolute Gasteiger partial charge is 0.146 e. The van der Waals surface area contributed by atoms with Crippen molar-refractivity contribution in [1.82, 2.24) is 4.98 Å². The Morgan fingerprint density at radius 2 is 1.89 bits per heavy atom. The number of anilines is 1. The van der Waals surface area contributed by atoms with Gasteiger partial charge in [0.15, 0.2) is 0 Å². The van der Waals surface area contributed by atoms with Crippen LogP contribution < -0.4 is 5.32 Å². The molecule has 94 valence electrons. The fourth-order valence-corrected chi connectivity index (χ4v) is 1.66. The van der Waals surface area contributed by atoms with Crippen LogP contribution in [0.3, 0.4) is 0 Å². The van der Waals surface area contributed by atoms with Crippen molar-refractivity contribution in [3.8, 4) is 0 Å². The molecule has 2 nitrogen and oxygen atoms in total. The number of hydrogen-bond acceptors (Lipinski definition) is 2. The minimum atomic E-state index is -0.456. The van der Waals surface area contributed by atoms with Crippen molar-refractivity contribution in [2.75, 3.05) is 5.32 Å². The summed E-state index contributed by atoms with van der Waals surface area (Å²) in [6.45, 7) is 3.83. The average Bonchev–Trinajstić information content (AvgIpc) is 2.34. The van der Waals surface area contributed by atoms with Crippen molar-refractivity contribution in [1.29, 1.82) is 0 Å². The van der Waals surface area contributed by atoms with E-state index >= 15 is 0 Å². The van der Waals surface area contributed by atoms with Crippen molar-refractivity contribution in [2.45, 2.75) is 20.4 Å². The minimum Gasteiger partial charge on any atom is -0.377 e. The monoisotopic (exact) mass is 248 g/mol. The van der Waals surface area contributed by atoms with Gasteiger partial charge in [-0.3, -0.25) is 4.98 Å². The molecule has 0 aliphatic rings. The summed E-state index contributed by atoms with van der Waals surface area (Å²) in [7, 11) is 0. The first-order valence-corrected chi connectivity index (χ1v) is 5.68. The molecule has 0 fully saturated rings. The number of nitrogens with one attached hydrogen (secondary N) is 1. The summed E-state index contributed by atoms with van der Waals surface area (Å²) >= 11 is 0. The Morgan fingerprint density at radius 3 is 2.61 bits per heavy atom. The highest BCUT2D eigenvalue weighted by Crippen LogP contribution is 2.19. The minimum absolute atomic E-state index is 0.156. The Hall–Kier alpha value is -1.97. The van der Waals surface area contributed by atoms with Crippen molar-refractivity contribution in [3.63, 3.8) is 0 Å². The summed E-state index contributed by atoms with van der Waals surface area (Å²) in [4.78, 5) is 4.18. The van der Waals surface area contributed by atoms with E-state index in [2.05, 4.69) is 10.3 Å². The molecule has 0 aliphatic carbocycles. The summed E-state index contributed by atoms with van der Waals surface area (Å²) in [5.41, 5.74) is 2.28. The van der Waals surface area contributed by atoms with E-state index in [1.165, 1.54) is 19.1 Å². The van der Waals surface area contributed by atoms with E-state index in [0.717, 1.165) is 11.3 Å². The second kappa shape index (κ2) is 5.12. The van der Waals surface area contributed by atoms with Gasteiger partial charge >= 0.3 is 0 Å². The van der Waals surface area contributed by atoms with Crippen molar-refractivity contribution < 1.29 is 8.78 Å². The molecular formula is C14H14F2N2. The van der Waals surface area contributed by atoms with E-state index in [1.54, 1.807) is 6.20 Å². The van der Waals surface area contributed by atoms with Gasteiger partial charge in [0, 0.05) is 12.3 Å². The van der Waals surface area contributed by atoms with E-state index in [0.29, 0.717) is 12.1 Å². The van der Waals surface area contributed by atoms with E-state index < -0.39 is 11.6 Å². The van der Waals surface area contributed by atoms with Gasteiger partial charge in [-0.15, -0.1) is 0 Å². The SMILES string of the molecule is Cc1cc(F)c(NCc2ncccc2C)cc1F. The molecule has 0 amide bonds. The molecule has 0 saturated carbocycles. The molecular weight excluding hydrogens is 234 g/mol. The molecule has 2 aromatic rings. The lowest BCUT2D eigenvalue weighted by molar-refractivity contribution is 0.594. The van der Waals surface area contributed by atoms with E-state index in [9.17, 15) is 8.78 Å². The quantitative estimate of drug-likeness (QED) is 0.897. The van der Waals surface area contributed by atoms with Gasteiger partial charge in [0.05, 0.1) is 17.9 Å². The first kappa shape index (κ1) is 12.5. The standard InChI is InChI=1S/C14H14F2N2/c1-9-4-3-5-17-14(9)8-18-13-7-11(15)10(2)6-12(13)16/h3-7,18H,8H2,1-2H3. The number of rotatable bonds is 3. The van der Waals surface area contributed by atoms with Crippen LogP contribution in [0, 0.1) is 25.5 Å². The molecule has 1 N–H and O–H groups in total. The molecule has 0 unspecified atom stereocenters. The Morgan fingerprint density at radius 1 is 1.11 bits per heavy atom. The number of aryl methyl sites for hydroxylation is 2. The van der Waals surface area contributed by atoms with E-state index in [4.69, 9.17) is 0 Å². The van der Waals surface area contributed by atoms with Crippen LogP contribution in [-0.2, 0) is 6.54 Å². The molecule has 2 rings (SSSR count). The molecule has 18 heavy (non-hydrogen) atoms. The zero-order chi connectivity index (χ0) is 13.1. The van der Waals surface area contributed by atoms with Crippen LogP contribution in [0.15, 0.2) is 30.5 Å². The van der Waals surface area contributed by atoms with Crippen LogP contribution in [0.4, 0.5) is 14.5 Å². The number of hydrogen-bond donors (Lipinski definition) is 1. The number of halogens is 2. The van der Waals surface area contributed by atoms with Crippen LogP contribution in [0.5, 0.6) is 0 Å². The lowest BCUT2D eigenvalue weighted by Gasteiger charge is -2.10. The van der Waals surface area contributed by atoms with Gasteiger partial charge in [0.1, 0.15) is 11.6 Å². The molecule has 0 saturated heterocycles. The first-order chi connectivity index (χ1) is 8.58. The third kappa shape index (κ3) is 2.64. The van der Waals surface area contributed by atoms with E-state index in [1.807, 2.05) is 19.1 Å². The predicted molar refractivity (Wildman–Crippen MR) is 67.4 cm³/mol. The second-order valence-corrected chi connectivity index (χ2v) is 4.20. The van der Waals surface area contributed by atoms with Gasteiger partial charge in [0.25, 0.3) is 0 Å². The zero-order valence-electron chi connectivity index (χ0n) is 10.3. The Kier molecular flexibility index (Phi) is 3.55. The Bertz CT molecular complexity index is 568. The molecule has 0 bridgehead atoms. The van der Waals surface area contributed by atoms with Crippen molar-refractivity contribution in [2.24, 2.45) is 0 Å². The summed E-state index contributed by atoms with van der Waals surface area (Å²) in [6.07, 6.45) is 1.68. The van der Waals surface area contributed by atoms with Crippen LogP contribution in [0.1, 0.15) is 16.8 Å². The Labute approximate surface area is 105 Å². The predicted octanol–water partition coefficient (Wildman–Crippen LogP) is 3.59. The van der Waals surface area contributed by atoms with Crippen LogP contribution in [-0.4, -0.2) is 4.98 Å². The number of nitrogens with zero attached hydrogens (tertiary/aromatic N) is 1. The van der Waals surface area contributed by atoms with Gasteiger partial charge in [-0.1, -0.05) is 6.07 Å². The summed E-state index contributed by atoms with van der Waals surface area (Å²) in [5, 5.41) is 2.86. The zero-order valence-corrected chi connectivity index (χ0v) is 10.3. The second-order valence-electron chi connectivity index (χ2n) is 4.20. The number of pyridine rings is 1. The average molecular weight is 248 g/mol. The van der Waals surface area contributed by atoms with Crippen molar-refractivity contribution in [3.05, 3.63) is 58.9 Å². The van der Waals surface area contributed by atoms with Crippen molar-refractivity contribution >= 4 is 5.69 Å². The fourth-order valence-electron chi connectivity index (χ4n) is 1.66. The van der Waals surface area contributed by atoms with Gasteiger partial charge in [-0.05, 0) is 37.1 Å². The fraction of sp³-hybridized carbons (Fsp3) is 0.214. The maximum Gasteiger partial charge on any atom is 0.146 e. The molecule has 1 aromatic carbocycles. The molecule has 0 aliphatic heterocycles. The number of aromatic nitrogens is 1. The maximum absolute atomic E-state index is 13.6. The summed E-state index contributed by atoms with van der Waals surface area (Å²) < 4.78 is 26.9. The highest BCUT2D eigenvalue weighted by Gasteiger charge is 2.07. The van der Waals surface area contributed by atoms with Crippen LogP contribution in [0.2, 0.25) is 0 Å². The molecule has 1 aromatic heterocycles. The van der Waals surface area contributed by atoms with Gasteiger partial charge < -0.3 is 5.32 Å². The highest BCUT2D eigenvalue weighted by atomic mass is 19.1. The molecule has 0 spiro atoms. The lowest BCUT2D eigenvalue weighted by atomic mass is 10.2. The van der Waals surface area contributed by atoms with Crippen LogP contribution in [0.25, 0.3) is 0 Å². The summed E-state index contributed by atoms with van der Waals surface area (Å²) in [6, 6.07) is 6.12. The van der Waals surface area contributed by atoms with Gasteiger partial charge in [-0.2, -0.15) is 0 Å². The normalized spacial score (nSPS) is 10.4. The highest BCUT2D eigenvalue weighted by molar-refractivity contribution is 5.47. The van der Waals surface area contributed by atoms with Gasteiger partial charge in [0.2, 0.25) is 0 Å². The van der Waals surface area contributed by atoms with Crippen LogP contribution >= 0.6 is 0 Å². The van der Waals surface area contributed by atoms with E-state index in [-0.39, 0.29) is 5.69 Å². The third-order valence-corrected chi connectivity index (χ3v) is 2.81. The Balaban J connectivity index is 2.16. The molecule has 1 heterocycles. The molecule has 0 radical (unpaired) electrons. The maximum atomic E-state index is 13.6. The largest absolute Gasteiger partial charge is 0.377 e. The number of benzene rings is 1. The first-order valence-electron chi connectivity index (χ1n) is 5.68. The summed E-state index contributed by atoms with van der Waals surface area (Å²) in [5.74, 6) is -0.876. The van der Waals surface area contributed by atoms with Gasteiger partial charge in [-0.25, -0.2) is 8.78 Å². The molecule has 0 atom stereocenters. The topological polar surface area (TPSA) is 24.9 Å². The third-order valence-electron chi connectivity index (χ3n) is 2.81. The lowest BCUT2D eigenvalue weighted by Crippen LogP contribution is -2.05.